The predicted molar refractivity (Wildman–Crippen MR) is 114 cm³/mol. The summed E-state index contributed by atoms with van der Waals surface area (Å²) in [7, 11) is 0. The number of benzene rings is 1. The van der Waals surface area contributed by atoms with Crippen LogP contribution in [0.5, 0.6) is 11.5 Å². The normalized spacial score (nSPS) is 11.9. The zero-order valence-corrected chi connectivity index (χ0v) is 17.2. The van der Waals surface area contributed by atoms with E-state index in [1.165, 1.54) is 36.8 Å². The lowest BCUT2D eigenvalue weighted by Crippen LogP contribution is -2.19. The lowest BCUT2D eigenvalue weighted by molar-refractivity contribution is -0.0495. The van der Waals surface area contributed by atoms with Gasteiger partial charge in [-0.05, 0) is 24.3 Å². The molecule has 0 aliphatic carbocycles. The van der Waals surface area contributed by atoms with E-state index >= 15 is 0 Å². The second-order valence-electron chi connectivity index (χ2n) is 6.17. The molecule has 7 N–H and O–H groups in total. The van der Waals surface area contributed by atoms with Crippen molar-refractivity contribution < 1.29 is 18.3 Å². The van der Waals surface area contributed by atoms with E-state index in [9.17, 15) is 8.78 Å². The van der Waals surface area contributed by atoms with Crippen molar-refractivity contribution in [2.75, 3.05) is 11.5 Å². The number of pyridine rings is 2. The van der Waals surface area contributed by atoms with Crippen LogP contribution in [0.15, 0.2) is 42.9 Å². The maximum Gasteiger partial charge on any atom is 0.387 e. The molecule has 0 saturated carbocycles. The van der Waals surface area contributed by atoms with Crippen LogP contribution in [-0.2, 0) is 0 Å². The minimum absolute atomic E-state index is 0.122. The van der Waals surface area contributed by atoms with Crippen molar-refractivity contribution in [1.82, 2.24) is 9.97 Å². The summed E-state index contributed by atoms with van der Waals surface area (Å²) in [5.74, 6) is -0.330. The quantitative estimate of drug-likeness (QED) is 0.232. The Bertz CT molecular complexity index is 1110. The van der Waals surface area contributed by atoms with Crippen molar-refractivity contribution in [1.29, 1.82) is 5.41 Å². The number of nitrogens with zero attached hydrogens (tertiary/aromatic N) is 2. The van der Waals surface area contributed by atoms with Crippen LogP contribution in [0, 0.1) is 5.41 Å². The van der Waals surface area contributed by atoms with Crippen LogP contribution >= 0.6 is 23.2 Å². The molecular formula is C19H16Cl2F2N6O2. The van der Waals surface area contributed by atoms with E-state index in [-0.39, 0.29) is 49.9 Å². The van der Waals surface area contributed by atoms with Gasteiger partial charge in [0.2, 0.25) is 0 Å². The van der Waals surface area contributed by atoms with Gasteiger partial charge in [0.25, 0.3) is 0 Å². The number of ether oxygens (including phenoxy) is 2. The van der Waals surface area contributed by atoms with Crippen molar-refractivity contribution in [3.63, 3.8) is 0 Å². The Hall–Kier alpha value is -3.21. The summed E-state index contributed by atoms with van der Waals surface area (Å²) in [6, 6.07) is 5.68. The minimum atomic E-state index is -3.09. The first-order valence-corrected chi connectivity index (χ1v) is 9.33. The molecule has 162 valence electrons. The molecule has 0 spiro atoms. The highest BCUT2D eigenvalue weighted by Crippen LogP contribution is 2.32. The van der Waals surface area contributed by atoms with E-state index in [1.807, 2.05) is 0 Å². The molecule has 0 aliphatic rings. The molecule has 1 aromatic carbocycles. The second kappa shape index (κ2) is 9.29. The molecule has 2 heterocycles. The Morgan fingerprint density at radius 1 is 1.03 bits per heavy atom. The van der Waals surface area contributed by atoms with Crippen molar-refractivity contribution in [3.05, 3.63) is 69.6 Å². The van der Waals surface area contributed by atoms with Gasteiger partial charge in [-0.2, -0.15) is 8.78 Å². The smallest absolute Gasteiger partial charge is 0.387 e. The predicted octanol–water partition coefficient (Wildman–Crippen LogP) is 4.00. The highest BCUT2D eigenvalue weighted by Gasteiger charge is 2.19. The number of hydrogen-bond donors (Lipinski definition) is 4. The molecule has 3 rings (SSSR count). The van der Waals surface area contributed by atoms with Gasteiger partial charge in [-0.15, -0.1) is 0 Å². The summed E-state index contributed by atoms with van der Waals surface area (Å²) in [6.45, 7) is -3.09. The average Bonchev–Trinajstić information content (AvgIpc) is 2.70. The van der Waals surface area contributed by atoms with Crippen molar-refractivity contribution in [3.8, 4) is 11.5 Å². The third kappa shape index (κ3) is 5.10. The molecule has 0 bridgehead atoms. The van der Waals surface area contributed by atoms with E-state index in [2.05, 4.69) is 14.7 Å². The van der Waals surface area contributed by atoms with Crippen molar-refractivity contribution in [2.24, 2.45) is 5.73 Å². The molecule has 3 aromatic rings. The Morgan fingerprint density at radius 3 is 2.35 bits per heavy atom. The molecule has 12 heteroatoms. The Labute approximate surface area is 185 Å². The van der Waals surface area contributed by atoms with Gasteiger partial charge in [0.1, 0.15) is 5.75 Å². The maximum absolute atomic E-state index is 12.6. The lowest BCUT2D eigenvalue weighted by atomic mass is 10.0. The SMILES string of the molecule is N=C(c1cnc(N)c(OC(F)F)c1)c1cc(O[C@H](N)c2c(Cl)cncc2Cl)ccc1N. The molecule has 31 heavy (non-hydrogen) atoms. The summed E-state index contributed by atoms with van der Waals surface area (Å²) >= 11 is 12.2. The first-order chi connectivity index (χ1) is 14.7. The van der Waals surface area contributed by atoms with Gasteiger partial charge in [-0.25, -0.2) is 4.98 Å². The number of hydrogen-bond acceptors (Lipinski definition) is 8. The number of aromatic nitrogens is 2. The number of rotatable bonds is 7. The van der Waals surface area contributed by atoms with E-state index < -0.39 is 12.8 Å². The van der Waals surface area contributed by atoms with Crippen LogP contribution in [0.4, 0.5) is 20.3 Å². The average molecular weight is 469 g/mol. The summed E-state index contributed by atoms with van der Waals surface area (Å²) in [6.07, 6.45) is 2.97. The van der Waals surface area contributed by atoms with E-state index in [0.29, 0.717) is 5.56 Å². The zero-order chi connectivity index (χ0) is 22.7. The fourth-order valence-electron chi connectivity index (χ4n) is 2.66. The first kappa shape index (κ1) is 22.5. The fraction of sp³-hybridized carbons (Fsp3) is 0.105. The van der Waals surface area contributed by atoms with Crippen LogP contribution in [-0.4, -0.2) is 22.3 Å². The topological polar surface area (TPSA) is 146 Å². The lowest BCUT2D eigenvalue weighted by Gasteiger charge is -2.18. The van der Waals surface area contributed by atoms with Crippen LogP contribution in [0.1, 0.15) is 22.9 Å². The molecule has 1 atom stereocenters. The molecule has 0 radical (unpaired) electrons. The van der Waals surface area contributed by atoms with E-state index in [0.717, 1.165) is 0 Å². The highest BCUT2D eigenvalue weighted by atomic mass is 35.5. The number of alkyl halides is 2. The van der Waals surface area contributed by atoms with Crippen molar-refractivity contribution >= 4 is 40.4 Å². The number of nitrogens with two attached hydrogens (primary N) is 3. The van der Waals surface area contributed by atoms with Gasteiger partial charge in [-0.1, -0.05) is 23.2 Å². The minimum Gasteiger partial charge on any atom is -0.471 e. The van der Waals surface area contributed by atoms with Gasteiger partial charge in [0.15, 0.2) is 17.8 Å². The van der Waals surface area contributed by atoms with E-state index in [4.69, 9.17) is 50.5 Å². The van der Waals surface area contributed by atoms with Gasteiger partial charge in [0, 0.05) is 41.0 Å². The molecule has 8 nitrogen and oxygen atoms in total. The Kier molecular flexibility index (Phi) is 6.74. The monoisotopic (exact) mass is 468 g/mol. The number of halogens is 4. The van der Waals surface area contributed by atoms with Gasteiger partial charge >= 0.3 is 6.61 Å². The van der Waals surface area contributed by atoms with E-state index in [1.54, 1.807) is 6.07 Å². The Balaban J connectivity index is 1.90. The van der Waals surface area contributed by atoms with Crippen LogP contribution < -0.4 is 26.7 Å². The molecule has 0 unspecified atom stereocenters. The first-order valence-electron chi connectivity index (χ1n) is 8.57. The van der Waals surface area contributed by atoms with Gasteiger partial charge in [0.05, 0.1) is 15.8 Å². The summed E-state index contributed by atoms with van der Waals surface area (Å²) < 4.78 is 35.2. The fourth-order valence-corrected chi connectivity index (χ4v) is 3.24. The molecule has 0 fully saturated rings. The van der Waals surface area contributed by atoms with Crippen LogP contribution in [0.3, 0.4) is 0 Å². The molecular weight excluding hydrogens is 453 g/mol. The summed E-state index contributed by atoms with van der Waals surface area (Å²) in [4.78, 5) is 7.65. The third-order valence-corrected chi connectivity index (χ3v) is 4.72. The highest BCUT2D eigenvalue weighted by molar-refractivity contribution is 6.35. The molecule has 0 aliphatic heterocycles. The van der Waals surface area contributed by atoms with Gasteiger partial charge in [-0.3, -0.25) is 16.1 Å². The maximum atomic E-state index is 12.6. The standard InChI is InChI=1S/C19H16Cl2F2N6O2/c20-11-6-28-7-12(21)15(11)18(27)30-9-1-2-13(24)10(4-9)16(25)8-3-14(31-19(22)23)17(26)29-5-8/h1-7,18-19,25H,24,27H2,(H2,26,29)/t18-/m0/s1. The second-order valence-corrected chi connectivity index (χ2v) is 6.98. The Morgan fingerprint density at radius 2 is 1.71 bits per heavy atom. The number of nitrogen functional groups attached to an aromatic ring is 2. The van der Waals surface area contributed by atoms with Gasteiger partial charge < -0.3 is 20.9 Å². The van der Waals surface area contributed by atoms with Crippen LogP contribution in [0.25, 0.3) is 0 Å². The zero-order valence-electron chi connectivity index (χ0n) is 15.7. The van der Waals surface area contributed by atoms with Crippen LogP contribution in [0.2, 0.25) is 10.0 Å². The van der Waals surface area contributed by atoms with Crippen molar-refractivity contribution in [2.45, 2.75) is 12.8 Å². The number of anilines is 2. The summed E-state index contributed by atoms with van der Waals surface area (Å²) in [5.41, 5.74) is 18.4. The summed E-state index contributed by atoms with van der Waals surface area (Å²) in [5, 5.41) is 8.88. The third-order valence-electron chi connectivity index (χ3n) is 4.12. The molecule has 2 aromatic heterocycles. The number of nitrogens with one attached hydrogen (secondary N) is 1. The molecule has 0 amide bonds. The largest absolute Gasteiger partial charge is 0.471 e. The molecule has 0 saturated heterocycles.